The van der Waals surface area contributed by atoms with Gasteiger partial charge in [0.05, 0.1) is 19.7 Å². The Balaban J connectivity index is 2.01. The first-order valence-corrected chi connectivity index (χ1v) is 6.86. The fourth-order valence-electron chi connectivity index (χ4n) is 1.97. The number of aryl methyl sites for hydroxylation is 1. The van der Waals surface area contributed by atoms with Gasteiger partial charge >= 0.3 is 5.97 Å². The van der Waals surface area contributed by atoms with Gasteiger partial charge in [0.15, 0.2) is 0 Å². The van der Waals surface area contributed by atoms with Crippen molar-refractivity contribution >= 4 is 17.6 Å². The Morgan fingerprint density at radius 3 is 2.84 bits per heavy atom. The number of hydrogen-bond donors (Lipinski definition) is 0. The normalized spacial score (nSPS) is 14.7. The maximum Gasteiger partial charge on any atom is 0.320 e. The molecule has 6 heteroatoms. The van der Waals surface area contributed by atoms with Crippen molar-refractivity contribution in [1.82, 2.24) is 14.9 Å². The van der Waals surface area contributed by atoms with E-state index in [1.807, 2.05) is 13.8 Å². The van der Waals surface area contributed by atoms with Crippen molar-refractivity contribution in [2.75, 3.05) is 13.2 Å². The minimum atomic E-state index is -0.201. The van der Waals surface area contributed by atoms with Gasteiger partial charge in [0.2, 0.25) is 0 Å². The average molecular weight is 284 g/mol. The second-order valence-electron chi connectivity index (χ2n) is 4.69. The highest BCUT2D eigenvalue weighted by atomic mass is 35.5. The second kappa shape index (κ2) is 6.30. The number of carbonyl (C=O) groups is 1. The highest BCUT2D eigenvalue weighted by molar-refractivity contribution is 6.29. The van der Waals surface area contributed by atoms with E-state index < -0.39 is 0 Å². The summed E-state index contributed by atoms with van der Waals surface area (Å²) in [5.74, 6) is 0.453. The highest BCUT2D eigenvalue weighted by Gasteiger charge is 2.31. The number of esters is 1. The number of ether oxygens (including phenoxy) is 1. The van der Waals surface area contributed by atoms with E-state index in [4.69, 9.17) is 16.3 Å². The Bertz CT molecular complexity index is 443. The predicted octanol–water partition coefficient (Wildman–Crippen LogP) is 1.97. The fourth-order valence-corrected chi connectivity index (χ4v) is 2.22. The van der Waals surface area contributed by atoms with Crippen LogP contribution in [0, 0.1) is 6.92 Å². The molecule has 0 aromatic carbocycles. The van der Waals surface area contributed by atoms with Crippen LogP contribution in [0.15, 0.2) is 6.07 Å². The molecule has 0 unspecified atom stereocenters. The average Bonchev–Trinajstić information content (AvgIpc) is 3.10. The molecule has 0 saturated heterocycles. The summed E-state index contributed by atoms with van der Waals surface area (Å²) in [5.41, 5.74) is 0.835. The summed E-state index contributed by atoms with van der Waals surface area (Å²) in [6.07, 6.45) is 2.22. The minimum Gasteiger partial charge on any atom is -0.465 e. The van der Waals surface area contributed by atoms with Crippen LogP contribution in [0.4, 0.5) is 0 Å². The van der Waals surface area contributed by atoms with Crippen LogP contribution in [-0.4, -0.2) is 40.0 Å². The molecule has 0 amide bonds. The smallest absolute Gasteiger partial charge is 0.320 e. The molecule has 1 aliphatic carbocycles. The van der Waals surface area contributed by atoms with E-state index in [1.165, 1.54) is 0 Å². The summed E-state index contributed by atoms with van der Waals surface area (Å²) in [5, 5.41) is 0.439. The number of halogens is 1. The van der Waals surface area contributed by atoms with E-state index in [0.29, 0.717) is 30.2 Å². The largest absolute Gasteiger partial charge is 0.465 e. The van der Waals surface area contributed by atoms with E-state index in [9.17, 15) is 4.79 Å². The van der Waals surface area contributed by atoms with Crippen LogP contribution in [0.5, 0.6) is 0 Å². The minimum absolute atomic E-state index is 0.201. The standard InChI is InChI=1S/C13H18ClN3O2/c1-3-19-13(18)8-17(10-4-5-10)7-12-15-9(2)6-11(14)16-12/h6,10H,3-5,7-8H2,1-2H3. The Morgan fingerprint density at radius 2 is 2.26 bits per heavy atom. The molecule has 0 N–H and O–H groups in total. The van der Waals surface area contributed by atoms with Crippen LogP contribution in [0.2, 0.25) is 5.15 Å². The maximum absolute atomic E-state index is 11.6. The van der Waals surface area contributed by atoms with E-state index in [2.05, 4.69) is 14.9 Å². The SMILES string of the molecule is CCOC(=O)CN(Cc1nc(C)cc(Cl)n1)C1CC1. The lowest BCUT2D eigenvalue weighted by molar-refractivity contribution is -0.144. The molecule has 5 nitrogen and oxygen atoms in total. The number of hydrogen-bond acceptors (Lipinski definition) is 5. The number of carbonyl (C=O) groups excluding carboxylic acids is 1. The number of rotatable bonds is 6. The molecule has 0 bridgehead atoms. The van der Waals surface area contributed by atoms with Crippen molar-refractivity contribution < 1.29 is 9.53 Å². The third kappa shape index (κ3) is 4.44. The first kappa shape index (κ1) is 14.2. The molecular formula is C13H18ClN3O2. The van der Waals surface area contributed by atoms with Gasteiger partial charge in [-0.05, 0) is 32.8 Å². The van der Waals surface area contributed by atoms with Gasteiger partial charge in [0.25, 0.3) is 0 Å². The first-order chi connectivity index (χ1) is 9.08. The number of nitrogens with zero attached hydrogens (tertiary/aromatic N) is 3. The summed E-state index contributed by atoms with van der Waals surface area (Å²) >= 11 is 5.92. The zero-order chi connectivity index (χ0) is 13.8. The fraction of sp³-hybridized carbons (Fsp3) is 0.615. The van der Waals surface area contributed by atoms with Crippen LogP contribution >= 0.6 is 11.6 Å². The topological polar surface area (TPSA) is 55.3 Å². The van der Waals surface area contributed by atoms with E-state index >= 15 is 0 Å². The monoisotopic (exact) mass is 283 g/mol. The Morgan fingerprint density at radius 1 is 1.53 bits per heavy atom. The van der Waals surface area contributed by atoms with Crippen LogP contribution in [-0.2, 0) is 16.1 Å². The maximum atomic E-state index is 11.6. The van der Waals surface area contributed by atoms with Gasteiger partial charge in [-0.3, -0.25) is 9.69 Å². The van der Waals surface area contributed by atoms with Gasteiger partial charge in [0, 0.05) is 11.7 Å². The zero-order valence-electron chi connectivity index (χ0n) is 11.2. The molecule has 2 rings (SSSR count). The molecule has 1 aliphatic rings. The molecule has 0 radical (unpaired) electrons. The summed E-state index contributed by atoms with van der Waals surface area (Å²) < 4.78 is 4.99. The van der Waals surface area contributed by atoms with Gasteiger partial charge in [-0.2, -0.15) is 0 Å². The summed E-state index contributed by atoms with van der Waals surface area (Å²) in [4.78, 5) is 22.2. The first-order valence-electron chi connectivity index (χ1n) is 6.48. The predicted molar refractivity (Wildman–Crippen MR) is 71.8 cm³/mol. The molecule has 0 atom stereocenters. The second-order valence-corrected chi connectivity index (χ2v) is 5.08. The molecule has 0 aliphatic heterocycles. The van der Waals surface area contributed by atoms with E-state index in [-0.39, 0.29) is 12.5 Å². The Hall–Kier alpha value is -1.20. The molecule has 1 heterocycles. The van der Waals surface area contributed by atoms with Crippen LogP contribution in [0.3, 0.4) is 0 Å². The van der Waals surface area contributed by atoms with Gasteiger partial charge in [-0.15, -0.1) is 0 Å². The third-order valence-electron chi connectivity index (χ3n) is 2.91. The molecule has 1 fully saturated rings. The Kier molecular flexibility index (Phi) is 4.71. The van der Waals surface area contributed by atoms with Gasteiger partial charge < -0.3 is 4.74 Å². The molecule has 1 aromatic heterocycles. The lowest BCUT2D eigenvalue weighted by atomic mass is 10.4. The van der Waals surface area contributed by atoms with Gasteiger partial charge in [0.1, 0.15) is 11.0 Å². The van der Waals surface area contributed by atoms with Crippen LogP contribution in [0.1, 0.15) is 31.3 Å². The lowest BCUT2D eigenvalue weighted by Crippen LogP contribution is -2.33. The summed E-state index contributed by atoms with van der Waals surface area (Å²) in [7, 11) is 0. The third-order valence-corrected chi connectivity index (χ3v) is 3.11. The van der Waals surface area contributed by atoms with Crippen molar-refractivity contribution in [1.29, 1.82) is 0 Å². The Labute approximate surface area is 117 Å². The van der Waals surface area contributed by atoms with Crippen molar-refractivity contribution in [3.05, 3.63) is 22.7 Å². The zero-order valence-corrected chi connectivity index (χ0v) is 12.0. The van der Waals surface area contributed by atoms with Gasteiger partial charge in [-0.25, -0.2) is 9.97 Å². The van der Waals surface area contributed by atoms with Crippen LogP contribution in [0.25, 0.3) is 0 Å². The lowest BCUT2D eigenvalue weighted by Gasteiger charge is -2.20. The molecule has 104 valence electrons. The summed E-state index contributed by atoms with van der Waals surface area (Å²) in [6.45, 7) is 4.91. The van der Waals surface area contributed by atoms with Crippen LogP contribution < -0.4 is 0 Å². The van der Waals surface area contributed by atoms with Crippen molar-refractivity contribution in [3.63, 3.8) is 0 Å². The van der Waals surface area contributed by atoms with E-state index in [0.717, 1.165) is 18.5 Å². The van der Waals surface area contributed by atoms with Crippen molar-refractivity contribution in [3.8, 4) is 0 Å². The highest BCUT2D eigenvalue weighted by Crippen LogP contribution is 2.27. The van der Waals surface area contributed by atoms with Crippen molar-refractivity contribution in [2.45, 2.75) is 39.3 Å². The van der Waals surface area contributed by atoms with E-state index in [1.54, 1.807) is 6.07 Å². The number of aromatic nitrogens is 2. The quantitative estimate of drug-likeness (QED) is 0.590. The summed E-state index contributed by atoms with van der Waals surface area (Å²) in [6, 6.07) is 2.16. The molecular weight excluding hydrogens is 266 g/mol. The van der Waals surface area contributed by atoms with Crippen molar-refractivity contribution in [2.24, 2.45) is 0 Å². The van der Waals surface area contributed by atoms with Gasteiger partial charge in [-0.1, -0.05) is 11.6 Å². The molecule has 1 saturated carbocycles. The molecule has 0 spiro atoms. The molecule has 19 heavy (non-hydrogen) atoms. The molecule has 1 aromatic rings.